The minimum atomic E-state index is 0. The third kappa shape index (κ3) is 4.66. The summed E-state index contributed by atoms with van der Waals surface area (Å²) in [7, 11) is 0. The molecule has 0 spiro atoms. The molecule has 0 bridgehead atoms. The van der Waals surface area contributed by atoms with Gasteiger partial charge in [-0.25, -0.2) is 0 Å². The van der Waals surface area contributed by atoms with Crippen molar-refractivity contribution >= 4 is 6.08 Å². The van der Waals surface area contributed by atoms with Crippen molar-refractivity contribution in [1.29, 1.82) is 0 Å². The summed E-state index contributed by atoms with van der Waals surface area (Å²) >= 11 is 0. The molecule has 1 heteroatoms. The van der Waals surface area contributed by atoms with Gasteiger partial charge in [0.25, 0.3) is 0 Å². The van der Waals surface area contributed by atoms with Gasteiger partial charge in [0.15, 0.2) is 0 Å². The standard InChI is InChI=1S/C17H24.H3N/c1-2-7-16-10-6-11-17(14-16)13-12-15-8-4-3-5-9-15;/h6,10-15H,2-5,7-9H2,1H3;1H3. The summed E-state index contributed by atoms with van der Waals surface area (Å²) in [5, 5.41) is 0. The van der Waals surface area contributed by atoms with E-state index in [0.717, 1.165) is 5.92 Å². The number of benzene rings is 1. The Morgan fingerprint density at radius 3 is 2.67 bits per heavy atom. The van der Waals surface area contributed by atoms with E-state index in [4.69, 9.17) is 0 Å². The number of hydrogen-bond donors (Lipinski definition) is 1. The van der Waals surface area contributed by atoms with Gasteiger partial charge in [-0.05, 0) is 36.3 Å². The second-order valence-electron chi connectivity index (χ2n) is 5.25. The summed E-state index contributed by atoms with van der Waals surface area (Å²) in [6, 6.07) is 8.98. The van der Waals surface area contributed by atoms with Crippen LogP contribution in [-0.4, -0.2) is 0 Å². The first kappa shape index (κ1) is 15.0. The summed E-state index contributed by atoms with van der Waals surface area (Å²) in [5.74, 6) is 0.832. The van der Waals surface area contributed by atoms with Gasteiger partial charge in [0.2, 0.25) is 0 Å². The number of aryl methyl sites for hydroxylation is 1. The Hall–Kier alpha value is -1.08. The summed E-state index contributed by atoms with van der Waals surface area (Å²) in [5.41, 5.74) is 2.85. The molecule has 18 heavy (non-hydrogen) atoms. The van der Waals surface area contributed by atoms with Crippen molar-refractivity contribution in [3.05, 3.63) is 41.5 Å². The molecule has 3 N–H and O–H groups in total. The van der Waals surface area contributed by atoms with Gasteiger partial charge in [-0.15, -0.1) is 0 Å². The molecule has 1 aromatic rings. The van der Waals surface area contributed by atoms with Crippen LogP contribution in [0.25, 0.3) is 6.08 Å². The van der Waals surface area contributed by atoms with Crippen LogP contribution in [0.3, 0.4) is 0 Å². The first-order chi connectivity index (χ1) is 8.38. The molecule has 1 aliphatic rings. The van der Waals surface area contributed by atoms with E-state index in [1.54, 1.807) is 0 Å². The average Bonchev–Trinajstić information content (AvgIpc) is 2.39. The fourth-order valence-corrected chi connectivity index (χ4v) is 2.71. The summed E-state index contributed by atoms with van der Waals surface area (Å²) < 4.78 is 0. The normalized spacial score (nSPS) is 16.7. The maximum atomic E-state index is 2.43. The minimum absolute atomic E-state index is 0. The number of allylic oxidation sites excluding steroid dienone is 1. The third-order valence-electron chi connectivity index (χ3n) is 3.70. The quantitative estimate of drug-likeness (QED) is 0.757. The topological polar surface area (TPSA) is 35.0 Å². The molecule has 0 atom stereocenters. The Morgan fingerprint density at radius 1 is 1.17 bits per heavy atom. The maximum Gasteiger partial charge on any atom is -0.0230 e. The van der Waals surface area contributed by atoms with Crippen LogP contribution < -0.4 is 6.15 Å². The van der Waals surface area contributed by atoms with Crippen LogP contribution in [0.2, 0.25) is 0 Å². The lowest BCUT2D eigenvalue weighted by Gasteiger charge is -2.17. The Kier molecular flexibility index (Phi) is 6.74. The van der Waals surface area contributed by atoms with Crippen LogP contribution in [0, 0.1) is 5.92 Å². The molecule has 100 valence electrons. The largest absolute Gasteiger partial charge is 0.344 e. The van der Waals surface area contributed by atoms with Gasteiger partial charge in [-0.1, -0.05) is 69.0 Å². The highest BCUT2D eigenvalue weighted by molar-refractivity contribution is 5.50. The Balaban J connectivity index is 0.00000162. The summed E-state index contributed by atoms with van der Waals surface area (Å²) in [6.07, 6.45) is 14.3. The van der Waals surface area contributed by atoms with Crippen molar-refractivity contribution in [1.82, 2.24) is 6.15 Å². The van der Waals surface area contributed by atoms with Gasteiger partial charge < -0.3 is 6.15 Å². The van der Waals surface area contributed by atoms with Crippen LogP contribution in [-0.2, 0) is 6.42 Å². The van der Waals surface area contributed by atoms with Crippen molar-refractivity contribution in [2.45, 2.75) is 51.9 Å². The van der Waals surface area contributed by atoms with Crippen LogP contribution in [0.4, 0.5) is 0 Å². The van der Waals surface area contributed by atoms with E-state index in [0.29, 0.717) is 0 Å². The second-order valence-corrected chi connectivity index (χ2v) is 5.25. The molecule has 0 amide bonds. The van der Waals surface area contributed by atoms with E-state index in [9.17, 15) is 0 Å². The van der Waals surface area contributed by atoms with E-state index in [2.05, 4.69) is 43.3 Å². The lowest BCUT2D eigenvalue weighted by molar-refractivity contribution is 0.420. The fraction of sp³-hybridized carbons (Fsp3) is 0.529. The molecule has 0 aromatic heterocycles. The third-order valence-corrected chi connectivity index (χ3v) is 3.70. The van der Waals surface area contributed by atoms with Gasteiger partial charge in [-0.3, -0.25) is 0 Å². The lowest BCUT2D eigenvalue weighted by Crippen LogP contribution is -2.02. The van der Waals surface area contributed by atoms with E-state index < -0.39 is 0 Å². The predicted molar refractivity (Wildman–Crippen MR) is 81.1 cm³/mol. The highest BCUT2D eigenvalue weighted by atomic mass is 14.1. The van der Waals surface area contributed by atoms with Crippen molar-refractivity contribution in [2.75, 3.05) is 0 Å². The molecule has 1 aromatic carbocycles. The molecule has 0 unspecified atom stereocenters. The van der Waals surface area contributed by atoms with Gasteiger partial charge in [0.1, 0.15) is 0 Å². The zero-order valence-electron chi connectivity index (χ0n) is 11.7. The zero-order chi connectivity index (χ0) is 11.9. The molecular weight excluding hydrogens is 218 g/mol. The molecule has 0 radical (unpaired) electrons. The summed E-state index contributed by atoms with van der Waals surface area (Å²) in [4.78, 5) is 0. The smallest absolute Gasteiger partial charge is 0.0230 e. The average molecular weight is 245 g/mol. The Labute approximate surface area is 112 Å². The van der Waals surface area contributed by atoms with E-state index in [1.165, 1.54) is 56.1 Å². The van der Waals surface area contributed by atoms with Gasteiger partial charge in [0.05, 0.1) is 0 Å². The molecule has 1 fully saturated rings. The maximum absolute atomic E-state index is 2.43. The number of rotatable bonds is 4. The molecule has 1 aliphatic carbocycles. The van der Waals surface area contributed by atoms with E-state index in [-0.39, 0.29) is 6.15 Å². The first-order valence-electron chi connectivity index (χ1n) is 7.15. The van der Waals surface area contributed by atoms with Crippen molar-refractivity contribution in [3.8, 4) is 0 Å². The van der Waals surface area contributed by atoms with Gasteiger partial charge in [-0.2, -0.15) is 0 Å². The first-order valence-corrected chi connectivity index (χ1v) is 7.15. The van der Waals surface area contributed by atoms with E-state index in [1.807, 2.05) is 0 Å². The molecule has 2 rings (SSSR count). The highest BCUT2D eigenvalue weighted by Crippen LogP contribution is 2.25. The van der Waals surface area contributed by atoms with Crippen molar-refractivity contribution < 1.29 is 0 Å². The Bertz CT molecular complexity index is 362. The van der Waals surface area contributed by atoms with Gasteiger partial charge >= 0.3 is 0 Å². The van der Waals surface area contributed by atoms with Crippen molar-refractivity contribution in [2.24, 2.45) is 5.92 Å². The lowest BCUT2D eigenvalue weighted by atomic mass is 9.88. The van der Waals surface area contributed by atoms with Crippen LogP contribution in [0.5, 0.6) is 0 Å². The van der Waals surface area contributed by atoms with Gasteiger partial charge in [0, 0.05) is 0 Å². The van der Waals surface area contributed by atoms with E-state index >= 15 is 0 Å². The Morgan fingerprint density at radius 2 is 1.94 bits per heavy atom. The molecule has 1 saturated carbocycles. The zero-order valence-corrected chi connectivity index (χ0v) is 11.7. The molecule has 0 aliphatic heterocycles. The number of hydrogen-bond acceptors (Lipinski definition) is 1. The van der Waals surface area contributed by atoms with Crippen LogP contribution in [0.1, 0.15) is 56.6 Å². The fourth-order valence-electron chi connectivity index (χ4n) is 2.71. The van der Waals surface area contributed by atoms with Crippen LogP contribution >= 0.6 is 0 Å². The molecular formula is C17H27N. The SMILES string of the molecule is CCCc1cccc(C=CC2CCCCC2)c1.N. The predicted octanol–water partition coefficient (Wildman–Crippen LogP) is 5.39. The second kappa shape index (κ2) is 8.10. The highest BCUT2D eigenvalue weighted by Gasteiger charge is 2.09. The summed E-state index contributed by atoms with van der Waals surface area (Å²) in [6.45, 7) is 2.24. The van der Waals surface area contributed by atoms with Crippen LogP contribution in [0.15, 0.2) is 30.3 Å². The molecule has 0 saturated heterocycles. The molecule has 1 nitrogen and oxygen atoms in total. The van der Waals surface area contributed by atoms with Crippen molar-refractivity contribution in [3.63, 3.8) is 0 Å². The minimum Gasteiger partial charge on any atom is -0.344 e. The monoisotopic (exact) mass is 245 g/mol. The molecule has 0 heterocycles.